The van der Waals surface area contributed by atoms with Gasteiger partial charge in [-0.3, -0.25) is 0 Å². The molecule has 0 amide bonds. The number of hydrogen-bond donors (Lipinski definition) is 1. The van der Waals surface area contributed by atoms with Gasteiger partial charge in [0.15, 0.2) is 6.10 Å². The molecule has 0 aromatic heterocycles. The second-order valence-electron chi connectivity index (χ2n) is 2.65. The molecule has 1 N–H and O–H groups in total. The summed E-state index contributed by atoms with van der Waals surface area (Å²) in [6.45, 7) is 3.13. The van der Waals surface area contributed by atoms with Crippen molar-refractivity contribution in [3.63, 3.8) is 0 Å². The van der Waals surface area contributed by atoms with Crippen molar-refractivity contribution in [2.45, 2.75) is 19.1 Å². The third-order valence-corrected chi connectivity index (χ3v) is 1.66. The van der Waals surface area contributed by atoms with Crippen LogP contribution in [0.25, 0.3) is 0 Å². The van der Waals surface area contributed by atoms with Crippen molar-refractivity contribution >= 4 is 18.4 Å². The standard InChI is InChI=1S/C7H13NO3.ClH/c1-5-4-11-6(3-8-5)7(9)10-2;/h5-6,8H,3-4H2,1-2H3;1H/t5-,6?;/m1./s1. The molecule has 2 atom stereocenters. The summed E-state index contributed by atoms with van der Waals surface area (Å²) in [5.74, 6) is -0.301. The van der Waals surface area contributed by atoms with Gasteiger partial charge in [-0.1, -0.05) is 0 Å². The first-order valence-corrected chi connectivity index (χ1v) is 3.67. The summed E-state index contributed by atoms with van der Waals surface area (Å²) in [6, 6.07) is 0.330. The minimum Gasteiger partial charge on any atom is -0.467 e. The van der Waals surface area contributed by atoms with Gasteiger partial charge in [0.2, 0.25) is 0 Å². The molecular weight excluding hydrogens is 182 g/mol. The van der Waals surface area contributed by atoms with Crippen LogP contribution in [0.15, 0.2) is 0 Å². The van der Waals surface area contributed by atoms with Crippen molar-refractivity contribution in [2.75, 3.05) is 20.3 Å². The fourth-order valence-corrected chi connectivity index (χ4v) is 0.969. The molecule has 1 fully saturated rings. The number of carbonyl (C=O) groups excluding carboxylic acids is 1. The Kier molecular flexibility index (Phi) is 5.20. The molecule has 0 spiro atoms. The van der Waals surface area contributed by atoms with Crippen LogP contribution in [-0.2, 0) is 14.3 Å². The van der Waals surface area contributed by atoms with Crippen LogP contribution >= 0.6 is 12.4 Å². The van der Waals surface area contributed by atoms with Crippen molar-refractivity contribution in [3.8, 4) is 0 Å². The summed E-state index contributed by atoms with van der Waals surface area (Å²) < 4.78 is 9.73. The predicted octanol–water partition coefficient (Wildman–Crippen LogP) is -0.0419. The van der Waals surface area contributed by atoms with Gasteiger partial charge in [-0.15, -0.1) is 12.4 Å². The maximum Gasteiger partial charge on any atom is 0.336 e. The molecule has 1 unspecified atom stereocenters. The van der Waals surface area contributed by atoms with Gasteiger partial charge >= 0.3 is 5.97 Å². The largest absolute Gasteiger partial charge is 0.467 e. The molecule has 1 rings (SSSR count). The van der Waals surface area contributed by atoms with Gasteiger partial charge in [0.25, 0.3) is 0 Å². The quantitative estimate of drug-likeness (QED) is 0.597. The van der Waals surface area contributed by atoms with E-state index in [1.807, 2.05) is 6.92 Å². The number of esters is 1. The van der Waals surface area contributed by atoms with Crippen molar-refractivity contribution in [3.05, 3.63) is 0 Å². The predicted molar refractivity (Wildman–Crippen MR) is 46.5 cm³/mol. The third-order valence-electron chi connectivity index (χ3n) is 1.66. The molecular formula is C7H14ClNO3. The van der Waals surface area contributed by atoms with Crippen LogP contribution in [0.4, 0.5) is 0 Å². The van der Waals surface area contributed by atoms with E-state index in [-0.39, 0.29) is 18.4 Å². The molecule has 0 aromatic carbocycles. The number of methoxy groups -OCH3 is 1. The minimum absolute atomic E-state index is 0. The molecule has 4 nitrogen and oxygen atoms in total. The highest BCUT2D eigenvalue weighted by atomic mass is 35.5. The number of rotatable bonds is 1. The van der Waals surface area contributed by atoms with Crippen LogP contribution in [-0.4, -0.2) is 38.4 Å². The molecule has 1 heterocycles. The monoisotopic (exact) mass is 195 g/mol. The van der Waals surface area contributed by atoms with Gasteiger partial charge in [-0.2, -0.15) is 0 Å². The zero-order valence-corrected chi connectivity index (χ0v) is 8.02. The van der Waals surface area contributed by atoms with Gasteiger partial charge < -0.3 is 14.8 Å². The molecule has 1 saturated heterocycles. The Morgan fingerprint density at radius 2 is 2.33 bits per heavy atom. The second kappa shape index (κ2) is 5.35. The fraction of sp³-hybridized carbons (Fsp3) is 0.857. The topological polar surface area (TPSA) is 47.6 Å². The van der Waals surface area contributed by atoms with Crippen molar-refractivity contribution in [1.82, 2.24) is 5.32 Å². The van der Waals surface area contributed by atoms with Gasteiger partial charge in [0.1, 0.15) is 0 Å². The molecule has 0 bridgehead atoms. The lowest BCUT2D eigenvalue weighted by atomic mass is 10.2. The highest BCUT2D eigenvalue weighted by molar-refractivity contribution is 5.85. The first kappa shape index (κ1) is 11.7. The smallest absolute Gasteiger partial charge is 0.336 e. The van der Waals surface area contributed by atoms with Crippen molar-refractivity contribution < 1.29 is 14.3 Å². The number of hydrogen-bond acceptors (Lipinski definition) is 4. The summed E-state index contributed by atoms with van der Waals surface area (Å²) in [5, 5.41) is 3.12. The average molecular weight is 196 g/mol. The van der Waals surface area contributed by atoms with Gasteiger partial charge in [-0.05, 0) is 6.92 Å². The van der Waals surface area contributed by atoms with E-state index < -0.39 is 6.10 Å². The van der Waals surface area contributed by atoms with Crippen LogP contribution < -0.4 is 5.32 Å². The summed E-state index contributed by atoms with van der Waals surface area (Å²) in [4.78, 5) is 10.9. The Morgan fingerprint density at radius 3 is 2.75 bits per heavy atom. The summed E-state index contributed by atoms with van der Waals surface area (Å²) in [6.07, 6.45) is -0.420. The summed E-state index contributed by atoms with van der Waals surface area (Å²) in [7, 11) is 1.36. The molecule has 72 valence electrons. The van der Waals surface area contributed by atoms with Crippen molar-refractivity contribution in [2.24, 2.45) is 0 Å². The molecule has 0 aliphatic carbocycles. The van der Waals surface area contributed by atoms with E-state index in [1.54, 1.807) is 0 Å². The Morgan fingerprint density at radius 1 is 1.67 bits per heavy atom. The van der Waals surface area contributed by atoms with E-state index in [0.717, 1.165) is 0 Å². The lowest BCUT2D eigenvalue weighted by Crippen LogP contribution is -2.48. The number of halogens is 1. The van der Waals surface area contributed by atoms with Crippen LogP contribution in [0.2, 0.25) is 0 Å². The number of ether oxygens (including phenoxy) is 2. The van der Waals surface area contributed by atoms with E-state index in [4.69, 9.17) is 4.74 Å². The van der Waals surface area contributed by atoms with Crippen LogP contribution in [0.5, 0.6) is 0 Å². The molecule has 0 radical (unpaired) electrons. The Balaban J connectivity index is 0.00000121. The Labute approximate surface area is 78.0 Å². The zero-order valence-electron chi connectivity index (χ0n) is 7.20. The molecule has 0 saturated carbocycles. The minimum atomic E-state index is -0.420. The van der Waals surface area contributed by atoms with Crippen LogP contribution in [0.1, 0.15) is 6.92 Å². The maximum atomic E-state index is 10.9. The highest BCUT2D eigenvalue weighted by Gasteiger charge is 2.24. The first-order valence-electron chi connectivity index (χ1n) is 3.67. The summed E-state index contributed by atoms with van der Waals surface area (Å²) >= 11 is 0. The van der Waals surface area contributed by atoms with Crippen LogP contribution in [0.3, 0.4) is 0 Å². The molecule has 1 aliphatic rings. The normalized spacial score (nSPS) is 28.8. The van der Waals surface area contributed by atoms with Gasteiger partial charge in [0, 0.05) is 12.6 Å². The number of morpholine rings is 1. The first-order chi connectivity index (χ1) is 5.24. The molecule has 0 aromatic rings. The fourth-order valence-electron chi connectivity index (χ4n) is 0.969. The van der Waals surface area contributed by atoms with Crippen LogP contribution in [0, 0.1) is 0 Å². The lowest BCUT2D eigenvalue weighted by Gasteiger charge is -2.26. The SMILES string of the molecule is COC(=O)C1CN[C@H](C)CO1.Cl. The average Bonchev–Trinajstić information content (AvgIpc) is 2.05. The maximum absolute atomic E-state index is 10.9. The number of carbonyl (C=O) groups is 1. The van der Waals surface area contributed by atoms with Gasteiger partial charge in [0.05, 0.1) is 13.7 Å². The molecule has 1 aliphatic heterocycles. The molecule has 5 heteroatoms. The van der Waals surface area contributed by atoms with E-state index in [2.05, 4.69) is 10.1 Å². The van der Waals surface area contributed by atoms with E-state index in [9.17, 15) is 4.79 Å². The summed E-state index contributed by atoms with van der Waals surface area (Å²) in [5.41, 5.74) is 0. The molecule has 12 heavy (non-hydrogen) atoms. The highest BCUT2D eigenvalue weighted by Crippen LogP contribution is 2.01. The van der Waals surface area contributed by atoms with Crippen molar-refractivity contribution in [1.29, 1.82) is 0 Å². The van der Waals surface area contributed by atoms with Gasteiger partial charge in [-0.25, -0.2) is 4.79 Å². The van der Waals surface area contributed by atoms with E-state index >= 15 is 0 Å². The van der Waals surface area contributed by atoms with E-state index in [1.165, 1.54) is 7.11 Å². The third kappa shape index (κ3) is 2.97. The lowest BCUT2D eigenvalue weighted by molar-refractivity contribution is -0.156. The second-order valence-corrected chi connectivity index (χ2v) is 2.65. The Bertz CT molecular complexity index is 146. The Hall–Kier alpha value is -0.320. The zero-order chi connectivity index (χ0) is 8.27. The van der Waals surface area contributed by atoms with E-state index in [0.29, 0.717) is 19.2 Å². The number of nitrogens with one attached hydrogen (secondary N) is 1.